The first kappa shape index (κ1) is 11.9. The predicted octanol–water partition coefficient (Wildman–Crippen LogP) is 4.46. The second kappa shape index (κ2) is 4.86. The van der Waals surface area contributed by atoms with E-state index in [0.29, 0.717) is 5.56 Å². The predicted molar refractivity (Wildman–Crippen MR) is 81.0 cm³/mol. The van der Waals surface area contributed by atoms with E-state index in [1.165, 1.54) is 15.6 Å². The van der Waals surface area contributed by atoms with Gasteiger partial charge in [-0.3, -0.25) is 4.79 Å². The molecule has 0 spiro atoms. The maximum atomic E-state index is 12.1. The smallest absolute Gasteiger partial charge is 0.255 e. The van der Waals surface area contributed by atoms with Crippen LogP contribution in [0.4, 0.5) is 5.69 Å². The number of carbonyl (C=O) groups excluding carboxylic acids is 1. The van der Waals surface area contributed by atoms with Crippen molar-refractivity contribution < 1.29 is 4.79 Å². The number of rotatable bonds is 2. The number of thiophene rings is 1. The second-order valence-corrected chi connectivity index (χ2v) is 5.36. The highest BCUT2D eigenvalue weighted by molar-refractivity contribution is 7.17. The van der Waals surface area contributed by atoms with Crippen molar-refractivity contribution in [2.75, 3.05) is 5.32 Å². The Labute approximate surface area is 115 Å². The standard InChI is InChI=1S/C16H13NOS/c1-11-10-19-15-8-7-13(9-14(11)15)17-16(18)12-5-3-2-4-6-12/h2-10H,1H3,(H,17,18). The molecular formula is C16H13NOS. The molecule has 3 rings (SSSR count). The maximum absolute atomic E-state index is 12.1. The molecule has 0 unspecified atom stereocenters. The first-order chi connectivity index (χ1) is 9.24. The van der Waals surface area contributed by atoms with Gasteiger partial charge in [0, 0.05) is 16.0 Å². The highest BCUT2D eigenvalue weighted by Crippen LogP contribution is 2.28. The average molecular weight is 267 g/mol. The highest BCUT2D eigenvalue weighted by atomic mass is 32.1. The molecule has 0 atom stereocenters. The van der Waals surface area contributed by atoms with Crippen LogP contribution in [0.1, 0.15) is 15.9 Å². The maximum Gasteiger partial charge on any atom is 0.255 e. The zero-order valence-corrected chi connectivity index (χ0v) is 11.3. The van der Waals surface area contributed by atoms with E-state index in [1.807, 2.05) is 48.5 Å². The van der Waals surface area contributed by atoms with Gasteiger partial charge in [0.25, 0.3) is 5.91 Å². The van der Waals surface area contributed by atoms with E-state index in [9.17, 15) is 4.79 Å². The van der Waals surface area contributed by atoms with Crippen LogP contribution < -0.4 is 5.32 Å². The Morgan fingerprint density at radius 3 is 2.68 bits per heavy atom. The van der Waals surface area contributed by atoms with Crippen LogP contribution >= 0.6 is 11.3 Å². The average Bonchev–Trinajstić information content (AvgIpc) is 2.81. The molecule has 19 heavy (non-hydrogen) atoms. The van der Waals surface area contributed by atoms with Gasteiger partial charge in [-0.05, 0) is 53.6 Å². The van der Waals surface area contributed by atoms with Gasteiger partial charge in [0.15, 0.2) is 0 Å². The fraction of sp³-hybridized carbons (Fsp3) is 0.0625. The summed E-state index contributed by atoms with van der Waals surface area (Å²) in [6.07, 6.45) is 0. The molecule has 0 saturated carbocycles. The minimum atomic E-state index is -0.0761. The number of benzene rings is 2. The molecule has 0 aliphatic rings. The fourth-order valence-corrected chi connectivity index (χ4v) is 2.95. The highest BCUT2D eigenvalue weighted by Gasteiger charge is 2.06. The van der Waals surface area contributed by atoms with Gasteiger partial charge in [-0.2, -0.15) is 0 Å². The molecule has 0 aliphatic heterocycles. The molecule has 0 aliphatic carbocycles. The van der Waals surface area contributed by atoms with Crippen LogP contribution in [0.3, 0.4) is 0 Å². The molecule has 1 heterocycles. The van der Waals surface area contributed by atoms with E-state index < -0.39 is 0 Å². The van der Waals surface area contributed by atoms with E-state index >= 15 is 0 Å². The molecule has 2 nitrogen and oxygen atoms in total. The summed E-state index contributed by atoms with van der Waals surface area (Å²) in [5, 5.41) is 6.27. The van der Waals surface area contributed by atoms with Crippen molar-refractivity contribution in [3.8, 4) is 0 Å². The molecule has 1 amide bonds. The number of hydrogen-bond acceptors (Lipinski definition) is 2. The summed E-state index contributed by atoms with van der Waals surface area (Å²) < 4.78 is 1.25. The Balaban J connectivity index is 1.89. The zero-order chi connectivity index (χ0) is 13.2. The summed E-state index contributed by atoms with van der Waals surface area (Å²) >= 11 is 1.73. The Morgan fingerprint density at radius 2 is 1.89 bits per heavy atom. The van der Waals surface area contributed by atoms with Crippen molar-refractivity contribution in [3.05, 3.63) is 65.0 Å². The monoisotopic (exact) mass is 267 g/mol. The molecule has 1 aromatic heterocycles. The van der Waals surface area contributed by atoms with Crippen molar-refractivity contribution in [2.45, 2.75) is 6.92 Å². The summed E-state index contributed by atoms with van der Waals surface area (Å²) in [5.74, 6) is -0.0761. The summed E-state index contributed by atoms with van der Waals surface area (Å²) in [6.45, 7) is 2.08. The molecular weight excluding hydrogens is 254 g/mol. The summed E-state index contributed by atoms with van der Waals surface area (Å²) in [6, 6.07) is 15.3. The molecule has 1 N–H and O–H groups in total. The second-order valence-electron chi connectivity index (χ2n) is 4.45. The van der Waals surface area contributed by atoms with E-state index in [1.54, 1.807) is 11.3 Å². The van der Waals surface area contributed by atoms with Crippen molar-refractivity contribution >= 4 is 33.0 Å². The number of hydrogen-bond donors (Lipinski definition) is 1. The van der Waals surface area contributed by atoms with Crippen LogP contribution in [0.15, 0.2) is 53.9 Å². The van der Waals surface area contributed by atoms with Crippen LogP contribution in [0.25, 0.3) is 10.1 Å². The lowest BCUT2D eigenvalue weighted by Crippen LogP contribution is -2.11. The van der Waals surface area contributed by atoms with Crippen molar-refractivity contribution in [3.63, 3.8) is 0 Å². The molecule has 3 heteroatoms. The molecule has 0 saturated heterocycles. The van der Waals surface area contributed by atoms with Crippen LogP contribution in [0.2, 0.25) is 0 Å². The lowest BCUT2D eigenvalue weighted by molar-refractivity contribution is 0.102. The van der Waals surface area contributed by atoms with Crippen LogP contribution in [0.5, 0.6) is 0 Å². The number of fused-ring (bicyclic) bond motifs is 1. The van der Waals surface area contributed by atoms with E-state index in [2.05, 4.69) is 17.6 Å². The topological polar surface area (TPSA) is 29.1 Å². The van der Waals surface area contributed by atoms with E-state index in [0.717, 1.165) is 5.69 Å². The third-order valence-corrected chi connectivity index (χ3v) is 4.14. The van der Waals surface area contributed by atoms with Crippen LogP contribution in [0, 0.1) is 6.92 Å². The lowest BCUT2D eigenvalue weighted by Gasteiger charge is -2.05. The number of nitrogens with one attached hydrogen (secondary N) is 1. The van der Waals surface area contributed by atoms with Crippen LogP contribution in [-0.2, 0) is 0 Å². The van der Waals surface area contributed by atoms with Crippen molar-refractivity contribution in [1.82, 2.24) is 0 Å². The minimum absolute atomic E-state index is 0.0761. The van der Waals surface area contributed by atoms with Gasteiger partial charge < -0.3 is 5.32 Å². The van der Waals surface area contributed by atoms with Crippen molar-refractivity contribution in [1.29, 1.82) is 0 Å². The summed E-state index contributed by atoms with van der Waals surface area (Å²) in [5.41, 5.74) is 2.75. The Kier molecular flexibility index (Phi) is 3.05. The van der Waals surface area contributed by atoms with E-state index in [4.69, 9.17) is 0 Å². The first-order valence-corrected chi connectivity index (χ1v) is 6.96. The third-order valence-electron chi connectivity index (χ3n) is 3.06. The summed E-state index contributed by atoms with van der Waals surface area (Å²) in [7, 11) is 0. The number of anilines is 1. The van der Waals surface area contributed by atoms with Gasteiger partial charge in [0.2, 0.25) is 0 Å². The fourth-order valence-electron chi connectivity index (χ4n) is 2.03. The molecule has 2 aromatic carbocycles. The molecule has 0 radical (unpaired) electrons. The van der Waals surface area contributed by atoms with Gasteiger partial charge in [-0.25, -0.2) is 0 Å². The Bertz CT molecular complexity index is 731. The van der Waals surface area contributed by atoms with Gasteiger partial charge in [-0.1, -0.05) is 18.2 Å². The molecule has 0 bridgehead atoms. The van der Waals surface area contributed by atoms with Crippen LogP contribution in [-0.4, -0.2) is 5.91 Å². The number of aryl methyl sites for hydroxylation is 1. The first-order valence-electron chi connectivity index (χ1n) is 6.08. The lowest BCUT2D eigenvalue weighted by atomic mass is 10.1. The number of carbonyl (C=O) groups is 1. The van der Waals surface area contributed by atoms with Gasteiger partial charge in [-0.15, -0.1) is 11.3 Å². The van der Waals surface area contributed by atoms with E-state index in [-0.39, 0.29) is 5.91 Å². The SMILES string of the molecule is Cc1csc2ccc(NC(=O)c3ccccc3)cc12. The van der Waals surface area contributed by atoms with Gasteiger partial charge in [0.05, 0.1) is 0 Å². The zero-order valence-electron chi connectivity index (χ0n) is 10.5. The normalized spacial score (nSPS) is 10.6. The summed E-state index contributed by atoms with van der Waals surface area (Å²) in [4.78, 5) is 12.1. The molecule has 94 valence electrons. The number of amides is 1. The Morgan fingerprint density at radius 1 is 1.11 bits per heavy atom. The quantitative estimate of drug-likeness (QED) is 0.729. The minimum Gasteiger partial charge on any atom is -0.322 e. The molecule has 0 fully saturated rings. The Hall–Kier alpha value is -2.13. The van der Waals surface area contributed by atoms with Gasteiger partial charge >= 0.3 is 0 Å². The molecule has 3 aromatic rings. The third kappa shape index (κ3) is 2.37. The largest absolute Gasteiger partial charge is 0.322 e. The van der Waals surface area contributed by atoms with Crippen molar-refractivity contribution in [2.24, 2.45) is 0 Å². The van der Waals surface area contributed by atoms with Gasteiger partial charge in [0.1, 0.15) is 0 Å².